The molecule has 0 spiro atoms. The van der Waals surface area contributed by atoms with Crippen molar-refractivity contribution in [3.63, 3.8) is 0 Å². The van der Waals surface area contributed by atoms with Crippen LogP contribution in [-0.2, 0) is 11.3 Å². The van der Waals surface area contributed by atoms with Gasteiger partial charge >= 0.3 is 0 Å². The largest absolute Gasteiger partial charge is 0.475 e. The third-order valence-electron chi connectivity index (χ3n) is 5.17. The minimum Gasteiger partial charge on any atom is -0.475 e. The zero-order chi connectivity index (χ0) is 21.7. The van der Waals surface area contributed by atoms with Crippen LogP contribution in [0.5, 0.6) is 5.88 Å². The summed E-state index contributed by atoms with van der Waals surface area (Å²) in [4.78, 5) is 13.6. The van der Waals surface area contributed by atoms with Crippen molar-refractivity contribution in [1.29, 1.82) is 0 Å². The maximum absolute atomic E-state index is 5.73. The summed E-state index contributed by atoms with van der Waals surface area (Å²) >= 11 is 0. The molecule has 1 saturated heterocycles. The van der Waals surface area contributed by atoms with E-state index in [0.717, 1.165) is 44.2 Å². The van der Waals surface area contributed by atoms with Gasteiger partial charge in [-0.25, -0.2) is 4.98 Å². The molecule has 0 radical (unpaired) electrons. The van der Waals surface area contributed by atoms with Crippen molar-refractivity contribution in [3.05, 3.63) is 65.9 Å². The fraction of sp³-hybridized carbons (Fsp3) is 0.417. The number of nitrogens with zero attached hydrogens (tertiary/aromatic N) is 4. The molecule has 0 aliphatic carbocycles. The molecule has 0 atom stereocenters. The number of hydrogen-bond acceptors (Lipinski definition) is 5. The Balaban J connectivity index is 1.45. The van der Waals surface area contributed by atoms with E-state index in [1.165, 1.54) is 5.56 Å². The second-order valence-electron chi connectivity index (χ2n) is 7.31. The Labute approximate surface area is 185 Å². The van der Waals surface area contributed by atoms with E-state index in [0.29, 0.717) is 25.6 Å². The summed E-state index contributed by atoms with van der Waals surface area (Å²) in [6.07, 6.45) is 6.17. The first-order chi connectivity index (χ1) is 15.3. The molecule has 7 heteroatoms. The molecule has 0 amide bonds. The van der Waals surface area contributed by atoms with E-state index in [4.69, 9.17) is 9.47 Å². The molecule has 2 heterocycles. The summed E-state index contributed by atoms with van der Waals surface area (Å²) in [5, 5.41) is 3.46. The molecule has 2 aromatic rings. The third-order valence-corrected chi connectivity index (χ3v) is 5.17. The topological polar surface area (TPSA) is 62.2 Å². The molecule has 1 N–H and O–H groups in total. The van der Waals surface area contributed by atoms with Gasteiger partial charge in [0.2, 0.25) is 5.88 Å². The zero-order valence-electron chi connectivity index (χ0n) is 18.5. The lowest BCUT2D eigenvalue weighted by molar-refractivity contribution is 0.143. The lowest BCUT2D eigenvalue weighted by atomic mass is 10.2. The van der Waals surface area contributed by atoms with Gasteiger partial charge in [-0.2, -0.15) is 0 Å². The van der Waals surface area contributed by atoms with Gasteiger partial charge in [0.1, 0.15) is 6.61 Å². The van der Waals surface area contributed by atoms with E-state index in [2.05, 4.69) is 61.5 Å². The second-order valence-corrected chi connectivity index (χ2v) is 7.31. The van der Waals surface area contributed by atoms with Gasteiger partial charge in [-0.3, -0.25) is 9.89 Å². The van der Waals surface area contributed by atoms with Crippen LogP contribution in [0.1, 0.15) is 11.1 Å². The van der Waals surface area contributed by atoms with E-state index >= 15 is 0 Å². The Morgan fingerprint density at radius 1 is 1.10 bits per heavy atom. The Morgan fingerprint density at radius 3 is 2.65 bits per heavy atom. The molecule has 0 saturated carbocycles. The van der Waals surface area contributed by atoms with Crippen molar-refractivity contribution in [2.24, 2.45) is 4.99 Å². The Kier molecular flexibility index (Phi) is 9.34. The van der Waals surface area contributed by atoms with Gasteiger partial charge in [0.05, 0.1) is 6.61 Å². The van der Waals surface area contributed by atoms with Crippen LogP contribution in [0.25, 0.3) is 6.08 Å². The highest BCUT2D eigenvalue weighted by molar-refractivity contribution is 5.80. The minimum absolute atomic E-state index is 0.482. The van der Waals surface area contributed by atoms with Gasteiger partial charge in [-0.1, -0.05) is 48.6 Å². The van der Waals surface area contributed by atoms with Gasteiger partial charge in [-0.15, -0.1) is 0 Å². The molecule has 1 aromatic heterocycles. The molecule has 0 bridgehead atoms. The zero-order valence-corrected chi connectivity index (χ0v) is 18.5. The number of piperazine rings is 1. The third kappa shape index (κ3) is 7.38. The maximum atomic E-state index is 5.73. The maximum Gasteiger partial charge on any atom is 0.218 e. The number of guanidine groups is 1. The lowest BCUT2D eigenvalue weighted by Gasteiger charge is -2.36. The van der Waals surface area contributed by atoms with Crippen molar-refractivity contribution >= 4 is 12.0 Å². The quantitative estimate of drug-likeness (QED) is 0.380. The van der Waals surface area contributed by atoms with Gasteiger partial charge in [0.25, 0.3) is 0 Å². The molecular weight excluding hydrogens is 390 g/mol. The van der Waals surface area contributed by atoms with Crippen LogP contribution in [0.4, 0.5) is 0 Å². The molecule has 1 fully saturated rings. The smallest absolute Gasteiger partial charge is 0.218 e. The van der Waals surface area contributed by atoms with E-state index in [9.17, 15) is 0 Å². The Hall–Kier alpha value is -2.90. The van der Waals surface area contributed by atoms with Crippen molar-refractivity contribution < 1.29 is 9.47 Å². The van der Waals surface area contributed by atoms with Crippen LogP contribution in [0.3, 0.4) is 0 Å². The summed E-state index contributed by atoms with van der Waals surface area (Å²) in [7, 11) is 3.49. The number of benzene rings is 1. The van der Waals surface area contributed by atoms with Crippen LogP contribution >= 0.6 is 0 Å². The SMILES string of the molecule is CN=C(NCc1cccnc1OCCOC)N1CCN(C/C=C/c2ccccc2)CC1. The predicted molar refractivity (Wildman–Crippen MR) is 125 cm³/mol. The normalized spacial score (nSPS) is 15.4. The molecule has 1 aliphatic heterocycles. The van der Waals surface area contributed by atoms with E-state index < -0.39 is 0 Å². The second kappa shape index (κ2) is 12.7. The monoisotopic (exact) mass is 423 g/mol. The number of aromatic nitrogens is 1. The first kappa shape index (κ1) is 22.8. The van der Waals surface area contributed by atoms with E-state index in [1.807, 2.05) is 25.2 Å². The highest BCUT2D eigenvalue weighted by Gasteiger charge is 2.19. The van der Waals surface area contributed by atoms with Crippen molar-refractivity contribution in [2.45, 2.75) is 6.54 Å². The number of aliphatic imine (C=N–C) groups is 1. The Bertz CT molecular complexity index is 833. The number of ether oxygens (including phenoxy) is 2. The molecule has 31 heavy (non-hydrogen) atoms. The van der Waals surface area contributed by atoms with Crippen LogP contribution in [-0.4, -0.2) is 80.8 Å². The number of methoxy groups -OCH3 is 1. The highest BCUT2D eigenvalue weighted by Crippen LogP contribution is 2.14. The van der Waals surface area contributed by atoms with Gasteiger partial charge < -0.3 is 19.7 Å². The first-order valence-corrected chi connectivity index (χ1v) is 10.8. The van der Waals surface area contributed by atoms with Crippen molar-refractivity contribution in [2.75, 3.05) is 60.1 Å². The fourth-order valence-corrected chi connectivity index (χ4v) is 3.46. The minimum atomic E-state index is 0.482. The van der Waals surface area contributed by atoms with Gasteiger partial charge in [0.15, 0.2) is 5.96 Å². The van der Waals surface area contributed by atoms with Gasteiger partial charge in [0, 0.05) is 65.2 Å². The number of pyridine rings is 1. The van der Waals surface area contributed by atoms with E-state index in [-0.39, 0.29) is 0 Å². The number of rotatable bonds is 9. The molecule has 1 aromatic carbocycles. The summed E-state index contributed by atoms with van der Waals surface area (Å²) in [6.45, 7) is 6.52. The highest BCUT2D eigenvalue weighted by atomic mass is 16.5. The van der Waals surface area contributed by atoms with E-state index in [1.54, 1.807) is 13.3 Å². The van der Waals surface area contributed by atoms with Crippen molar-refractivity contribution in [3.8, 4) is 5.88 Å². The lowest BCUT2D eigenvalue weighted by Crippen LogP contribution is -2.52. The molecule has 0 unspecified atom stereocenters. The van der Waals surface area contributed by atoms with Crippen molar-refractivity contribution in [1.82, 2.24) is 20.1 Å². The number of hydrogen-bond donors (Lipinski definition) is 1. The molecule has 3 rings (SSSR count). The van der Waals surface area contributed by atoms with Crippen LogP contribution in [0, 0.1) is 0 Å². The van der Waals surface area contributed by atoms with Crippen LogP contribution in [0.15, 0.2) is 59.7 Å². The van der Waals surface area contributed by atoms with Gasteiger partial charge in [-0.05, 0) is 11.6 Å². The fourth-order valence-electron chi connectivity index (χ4n) is 3.46. The molecule has 166 valence electrons. The first-order valence-electron chi connectivity index (χ1n) is 10.8. The molecular formula is C24H33N5O2. The average molecular weight is 424 g/mol. The summed E-state index contributed by atoms with van der Waals surface area (Å²) in [5.74, 6) is 1.55. The molecule has 1 aliphatic rings. The summed E-state index contributed by atoms with van der Waals surface area (Å²) in [5.41, 5.74) is 2.25. The average Bonchev–Trinajstić information content (AvgIpc) is 2.82. The molecule has 7 nitrogen and oxygen atoms in total. The van der Waals surface area contributed by atoms with Crippen LogP contribution < -0.4 is 10.1 Å². The summed E-state index contributed by atoms with van der Waals surface area (Å²) < 4.78 is 10.8. The van der Waals surface area contributed by atoms with Crippen LogP contribution in [0.2, 0.25) is 0 Å². The number of nitrogens with one attached hydrogen (secondary N) is 1. The summed E-state index contributed by atoms with van der Waals surface area (Å²) in [6, 6.07) is 14.4. The Morgan fingerprint density at radius 2 is 1.90 bits per heavy atom. The predicted octanol–water partition coefficient (Wildman–Crippen LogP) is 2.51. The standard InChI is InChI=1S/C24H33N5O2/c1-25-24(27-20-22-11-6-12-26-23(22)31-19-18-30-2)29-16-14-28(15-17-29)13-7-10-21-8-4-3-5-9-21/h3-12H,13-20H2,1-2H3,(H,25,27)/b10-7+.